The van der Waals surface area contributed by atoms with Crippen molar-refractivity contribution >= 4 is 63.3 Å². The summed E-state index contributed by atoms with van der Waals surface area (Å²) >= 11 is 3.13. The first-order chi connectivity index (χ1) is 12.3. The Labute approximate surface area is 167 Å². The predicted molar refractivity (Wildman–Crippen MR) is 107 cm³/mol. The van der Waals surface area contributed by atoms with Crippen molar-refractivity contribution < 1.29 is 23.9 Å². The molecule has 0 spiro atoms. The highest BCUT2D eigenvalue weighted by Crippen LogP contribution is 2.36. The van der Waals surface area contributed by atoms with Crippen LogP contribution >= 0.6 is 34.4 Å². The summed E-state index contributed by atoms with van der Waals surface area (Å²) in [6.07, 6.45) is 1.65. The zero-order valence-corrected chi connectivity index (χ0v) is 17.0. The van der Waals surface area contributed by atoms with Crippen LogP contribution in [0.4, 0.5) is 0 Å². The van der Waals surface area contributed by atoms with Gasteiger partial charge in [-0.15, -0.1) is 0 Å². The maximum absolute atomic E-state index is 12.0. The Morgan fingerprint density at radius 2 is 2.12 bits per heavy atom. The fourth-order valence-electron chi connectivity index (χ4n) is 1.98. The molecule has 1 aliphatic rings. The minimum atomic E-state index is -0.593. The zero-order valence-electron chi connectivity index (χ0n) is 14.0. The third-order valence-corrected chi connectivity index (χ3v) is 4.59. The van der Waals surface area contributed by atoms with E-state index in [0.717, 1.165) is 11.8 Å². The molecule has 1 heterocycles. The highest BCUT2D eigenvalue weighted by Gasteiger charge is 2.23. The predicted octanol–water partition coefficient (Wildman–Crippen LogP) is 1.66. The molecule has 0 aliphatic carbocycles. The molecule has 138 valence electrons. The molecule has 0 aromatic heterocycles. The molecule has 1 aliphatic heterocycles. The summed E-state index contributed by atoms with van der Waals surface area (Å²) in [6.45, 7) is 3.29. The number of benzene rings is 1. The maximum atomic E-state index is 12.0. The first-order valence-corrected chi connectivity index (χ1v) is 9.37. The molecule has 0 saturated carbocycles. The van der Waals surface area contributed by atoms with E-state index in [1.165, 1.54) is 6.92 Å². The van der Waals surface area contributed by atoms with Crippen LogP contribution < -0.4 is 20.5 Å². The van der Waals surface area contributed by atoms with Crippen LogP contribution in [0.25, 0.3) is 6.08 Å². The van der Waals surface area contributed by atoms with Gasteiger partial charge in [0.15, 0.2) is 23.3 Å². The van der Waals surface area contributed by atoms with E-state index in [1.54, 1.807) is 18.2 Å². The Morgan fingerprint density at radius 3 is 2.73 bits per heavy atom. The molecule has 0 bridgehead atoms. The van der Waals surface area contributed by atoms with E-state index < -0.39 is 11.8 Å². The second kappa shape index (κ2) is 9.03. The van der Waals surface area contributed by atoms with Crippen LogP contribution in [0.2, 0.25) is 0 Å². The second-order valence-electron chi connectivity index (χ2n) is 5.03. The molecule has 2 rings (SSSR count). The number of amidine groups is 1. The highest BCUT2D eigenvalue weighted by molar-refractivity contribution is 14.1. The van der Waals surface area contributed by atoms with E-state index in [-0.39, 0.29) is 17.7 Å². The van der Waals surface area contributed by atoms with E-state index in [9.17, 15) is 14.4 Å². The lowest BCUT2D eigenvalue weighted by Crippen LogP contribution is -2.23. The number of nitrogens with two attached hydrogens (primary N) is 1. The lowest BCUT2D eigenvalue weighted by Gasteiger charge is -2.14. The molecular formula is C16H16IN3O5S. The summed E-state index contributed by atoms with van der Waals surface area (Å²) in [7, 11) is 0. The van der Waals surface area contributed by atoms with Crippen molar-refractivity contribution in [2.24, 2.45) is 10.7 Å². The molecule has 0 fully saturated rings. The number of carbonyl (C=O) groups is 3. The average Bonchev–Trinajstić information content (AvgIpc) is 2.85. The number of carbonyl (C=O) groups excluding carboxylic acids is 3. The number of rotatable bonds is 6. The van der Waals surface area contributed by atoms with Crippen LogP contribution in [0, 0.1) is 3.57 Å². The molecule has 8 nitrogen and oxygen atoms in total. The van der Waals surface area contributed by atoms with Crippen LogP contribution in [0.3, 0.4) is 0 Å². The zero-order chi connectivity index (χ0) is 19.3. The first-order valence-electron chi connectivity index (χ1n) is 7.47. The molecule has 10 heteroatoms. The molecule has 0 unspecified atom stereocenters. The standard InChI is InChI=1S/C16H16IN3O5S/c1-3-24-11-5-9(4-10(17)14(11)25-7-13(18)22)6-12-15(23)20-16(26-12)19-8(2)21/h4-6H,3,7H2,1-2H3,(H2,18,22)(H,19,20,21,23). The van der Waals surface area contributed by atoms with Gasteiger partial charge in [0, 0.05) is 6.92 Å². The van der Waals surface area contributed by atoms with Gasteiger partial charge in [-0.2, -0.15) is 4.99 Å². The van der Waals surface area contributed by atoms with Gasteiger partial charge in [-0.3, -0.25) is 14.4 Å². The lowest BCUT2D eigenvalue weighted by molar-refractivity contribution is -0.120. The number of amides is 3. The second-order valence-corrected chi connectivity index (χ2v) is 7.22. The number of hydrogen-bond acceptors (Lipinski definition) is 6. The smallest absolute Gasteiger partial charge is 0.286 e. The molecule has 3 N–H and O–H groups in total. The third kappa shape index (κ3) is 5.46. The van der Waals surface area contributed by atoms with Crippen LogP contribution in [-0.4, -0.2) is 36.1 Å². The van der Waals surface area contributed by atoms with E-state index in [1.807, 2.05) is 29.5 Å². The Bertz CT molecular complexity index is 822. The summed E-state index contributed by atoms with van der Waals surface area (Å²) in [4.78, 5) is 38.2. The van der Waals surface area contributed by atoms with Crippen LogP contribution in [0.15, 0.2) is 22.0 Å². The van der Waals surface area contributed by atoms with Crippen molar-refractivity contribution in [3.05, 3.63) is 26.2 Å². The van der Waals surface area contributed by atoms with Gasteiger partial charge in [-0.25, -0.2) is 0 Å². The van der Waals surface area contributed by atoms with Crippen LogP contribution in [0.1, 0.15) is 19.4 Å². The number of primary amides is 1. The number of nitrogens with one attached hydrogen (secondary N) is 1. The summed E-state index contributed by atoms with van der Waals surface area (Å²) in [6, 6.07) is 3.47. The Hall–Kier alpha value is -2.08. The van der Waals surface area contributed by atoms with E-state index in [0.29, 0.717) is 32.1 Å². The van der Waals surface area contributed by atoms with Crippen molar-refractivity contribution in [2.45, 2.75) is 13.8 Å². The van der Waals surface area contributed by atoms with Gasteiger partial charge < -0.3 is 20.5 Å². The van der Waals surface area contributed by atoms with Gasteiger partial charge in [-0.05, 0) is 65.0 Å². The van der Waals surface area contributed by atoms with Gasteiger partial charge in [0.25, 0.3) is 11.8 Å². The van der Waals surface area contributed by atoms with Crippen molar-refractivity contribution in [3.63, 3.8) is 0 Å². The number of hydrogen-bond donors (Lipinski definition) is 2. The Balaban J connectivity index is 2.29. The quantitative estimate of drug-likeness (QED) is 0.464. The molecule has 0 atom stereocenters. The topological polar surface area (TPSA) is 120 Å². The molecule has 1 aromatic rings. The summed E-state index contributed by atoms with van der Waals surface area (Å²) < 4.78 is 11.7. The number of halogens is 1. The third-order valence-electron chi connectivity index (χ3n) is 2.89. The van der Waals surface area contributed by atoms with Crippen molar-refractivity contribution in [2.75, 3.05) is 13.2 Å². The first kappa shape index (κ1) is 20.2. The van der Waals surface area contributed by atoms with Gasteiger partial charge in [0.05, 0.1) is 15.1 Å². The number of ether oxygens (including phenoxy) is 2. The normalized spacial score (nSPS) is 15.0. The molecule has 3 amide bonds. The minimum absolute atomic E-state index is 0.245. The molecule has 0 radical (unpaired) electrons. The van der Waals surface area contributed by atoms with Crippen LogP contribution in [-0.2, 0) is 14.4 Å². The number of thioether (sulfide) groups is 1. The van der Waals surface area contributed by atoms with E-state index >= 15 is 0 Å². The highest BCUT2D eigenvalue weighted by atomic mass is 127. The van der Waals surface area contributed by atoms with Gasteiger partial charge in [-0.1, -0.05) is 0 Å². The Kier molecular flexibility index (Phi) is 7.03. The van der Waals surface area contributed by atoms with E-state index in [4.69, 9.17) is 15.2 Å². The van der Waals surface area contributed by atoms with Crippen molar-refractivity contribution in [3.8, 4) is 11.5 Å². The van der Waals surface area contributed by atoms with E-state index in [2.05, 4.69) is 10.3 Å². The SMILES string of the molecule is CCOc1cc(C=C2SC(NC(C)=O)=NC2=O)cc(I)c1OCC(N)=O. The fraction of sp³-hybridized carbons (Fsp3) is 0.250. The van der Waals surface area contributed by atoms with Gasteiger partial charge >= 0.3 is 0 Å². The number of nitrogens with zero attached hydrogens (tertiary/aromatic N) is 1. The lowest BCUT2D eigenvalue weighted by atomic mass is 10.2. The largest absolute Gasteiger partial charge is 0.490 e. The van der Waals surface area contributed by atoms with Crippen molar-refractivity contribution in [1.82, 2.24) is 5.32 Å². The summed E-state index contributed by atoms with van der Waals surface area (Å²) in [5, 5.41) is 2.74. The van der Waals surface area contributed by atoms with Gasteiger partial charge in [0.2, 0.25) is 5.91 Å². The summed E-state index contributed by atoms with van der Waals surface area (Å²) in [5.74, 6) is -0.472. The molecule has 0 saturated heterocycles. The molecule has 26 heavy (non-hydrogen) atoms. The maximum Gasteiger partial charge on any atom is 0.286 e. The van der Waals surface area contributed by atoms with Crippen molar-refractivity contribution in [1.29, 1.82) is 0 Å². The summed E-state index contributed by atoms with van der Waals surface area (Å²) in [5.41, 5.74) is 5.81. The van der Waals surface area contributed by atoms with Gasteiger partial charge in [0.1, 0.15) is 0 Å². The number of aliphatic imine (C=N–C) groups is 1. The Morgan fingerprint density at radius 1 is 1.38 bits per heavy atom. The monoisotopic (exact) mass is 489 g/mol. The molecule has 1 aromatic carbocycles. The van der Waals surface area contributed by atoms with Crippen LogP contribution in [0.5, 0.6) is 11.5 Å². The fourth-order valence-corrected chi connectivity index (χ4v) is 3.62. The molecular weight excluding hydrogens is 473 g/mol. The average molecular weight is 489 g/mol. The minimum Gasteiger partial charge on any atom is -0.490 e.